The van der Waals surface area contributed by atoms with Crippen molar-refractivity contribution in [3.8, 4) is 17.0 Å². The van der Waals surface area contributed by atoms with Gasteiger partial charge in [-0.3, -0.25) is 10.4 Å². The monoisotopic (exact) mass is 362 g/mol. The Morgan fingerprint density at radius 3 is 2.81 bits per heavy atom. The summed E-state index contributed by atoms with van der Waals surface area (Å²) in [5, 5.41) is 3.37. The number of hydrazine groups is 1. The van der Waals surface area contributed by atoms with Crippen molar-refractivity contribution in [1.29, 1.82) is 0 Å². The van der Waals surface area contributed by atoms with Crippen LogP contribution < -0.4 is 20.9 Å². The molecule has 0 bridgehead atoms. The van der Waals surface area contributed by atoms with Gasteiger partial charge >= 0.3 is 0 Å². The van der Waals surface area contributed by atoms with E-state index in [0.29, 0.717) is 11.9 Å². The molecule has 7 nitrogen and oxygen atoms in total. The molecular weight excluding hydrogens is 340 g/mol. The minimum absolute atomic E-state index is 0.213. The standard InChI is InChI=1S/C20H22N6O/c1-27-17-6-4-14(5-7-17)19-16(13-24-26-19)12-23-20-22-10-8-18(25-20)15-3-2-9-21-11-15/h2-11,16,19,24,26H,12-13H2,1H3,(H,22,23,25). The highest BCUT2D eigenvalue weighted by atomic mass is 16.5. The van der Waals surface area contributed by atoms with E-state index in [1.807, 2.05) is 30.3 Å². The van der Waals surface area contributed by atoms with E-state index in [4.69, 9.17) is 4.74 Å². The molecular formula is C20H22N6O. The normalized spacial score (nSPS) is 19.0. The molecule has 7 heteroatoms. The number of benzene rings is 1. The van der Waals surface area contributed by atoms with Crippen LogP contribution >= 0.6 is 0 Å². The van der Waals surface area contributed by atoms with Crippen LogP contribution in [-0.4, -0.2) is 35.2 Å². The van der Waals surface area contributed by atoms with Crippen LogP contribution in [0.1, 0.15) is 11.6 Å². The molecule has 0 spiro atoms. The highest BCUT2D eigenvalue weighted by molar-refractivity contribution is 5.58. The van der Waals surface area contributed by atoms with E-state index in [1.54, 1.807) is 25.7 Å². The SMILES string of the molecule is COc1ccc(C2NNCC2CNc2nccc(-c3cccnc3)n2)cc1. The summed E-state index contributed by atoms with van der Waals surface area (Å²) in [6, 6.07) is 14.2. The van der Waals surface area contributed by atoms with Crippen LogP contribution in [0.2, 0.25) is 0 Å². The van der Waals surface area contributed by atoms with E-state index >= 15 is 0 Å². The number of hydrogen-bond donors (Lipinski definition) is 3. The summed E-state index contributed by atoms with van der Waals surface area (Å²) in [7, 11) is 1.68. The Hall–Kier alpha value is -3.03. The topological polar surface area (TPSA) is 84.0 Å². The van der Waals surface area contributed by atoms with E-state index in [1.165, 1.54) is 5.56 Å². The van der Waals surface area contributed by atoms with Crippen molar-refractivity contribution in [2.75, 3.05) is 25.5 Å². The molecule has 138 valence electrons. The maximum atomic E-state index is 5.24. The summed E-state index contributed by atoms with van der Waals surface area (Å²) < 4.78 is 5.24. The summed E-state index contributed by atoms with van der Waals surface area (Å²) in [5.74, 6) is 1.85. The lowest BCUT2D eigenvalue weighted by molar-refractivity contribution is 0.414. The number of aromatic nitrogens is 3. The molecule has 1 aromatic carbocycles. The molecule has 0 amide bonds. The number of nitrogens with one attached hydrogen (secondary N) is 3. The third kappa shape index (κ3) is 4.05. The fourth-order valence-electron chi connectivity index (χ4n) is 3.23. The Labute approximate surface area is 158 Å². The number of rotatable bonds is 6. The zero-order valence-electron chi connectivity index (χ0n) is 15.1. The lowest BCUT2D eigenvalue weighted by Gasteiger charge is -2.19. The molecule has 2 aromatic heterocycles. The van der Waals surface area contributed by atoms with Crippen molar-refractivity contribution in [1.82, 2.24) is 25.8 Å². The van der Waals surface area contributed by atoms with E-state index in [9.17, 15) is 0 Å². The van der Waals surface area contributed by atoms with Crippen LogP contribution in [0.5, 0.6) is 5.75 Å². The summed E-state index contributed by atoms with van der Waals surface area (Å²) in [4.78, 5) is 13.1. The molecule has 3 heterocycles. The predicted octanol–water partition coefficient (Wildman–Crippen LogP) is 2.42. The molecule has 0 saturated carbocycles. The van der Waals surface area contributed by atoms with Gasteiger partial charge in [-0.2, -0.15) is 0 Å². The van der Waals surface area contributed by atoms with Crippen LogP contribution in [0.4, 0.5) is 5.95 Å². The molecule has 3 aromatic rings. The molecule has 3 N–H and O–H groups in total. The first-order chi connectivity index (χ1) is 13.3. The van der Waals surface area contributed by atoms with Gasteiger partial charge in [-0.15, -0.1) is 0 Å². The zero-order valence-corrected chi connectivity index (χ0v) is 15.1. The van der Waals surface area contributed by atoms with Gasteiger partial charge in [-0.25, -0.2) is 15.4 Å². The maximum Gasteiger partial charge on any atom is 0.223 e. The van der Waals surface area contributed by atoms with Crippen molar-refractivity contribution in [3.05, 3.63) is 66.6 Å². The van der Waals surface area contributed by atoms with Gasteiger partial charge in [-0.05, 0) is 35.9 Å². The van der Waals surface area contributed by atoms with Crippen molar-refractivity contribution < 1.29 is 4.74 Å². The van der Waals surface area contributed by atoms with Crippen LogP contribution in [0, 0.1) is 5.92 Å². The third-order valence-corrected chi connectivity index (χ3v) is 4.70. The van der Waals surface area contributed by atoms with Gasteiger partial charge < -0.3 is 10.1 Å². The summed E-state index contributed by atoms with van der Waals surface area (Å²) in [6.45, 7) is 1.62. The fourth-order valence-corrected chi connectivity index (χ4v) is 3.23. The molecule has 1 saturated heterocycles. The Bertz CT molecular complexity index is 871. The Morgan fingerprint density at radius 1 is 1.15 bits per heavy atom. The van der Waals surface area contributed by atoms with Crippen molar-refractivity contribution in [3.63, 3.8) is 0 Å². The van der Waals surface area contributed by atoms with Crippen molar-refractivity contribution in [2.24, 2.45) is 5.92 Å². The van der Waals surface area contributed by atoms with Gasteiger partial charge in [0.25, 0.3) is 0 Å². The second-order valence-electron chi connectivity index (χ2n) is 6.42. The minimum atomic E-state index is 0.213. The van der Waals surface area contributed by atoms with Crippen LogP contribution in [0.25, 0.3) is 11.3 Å². The predicted molar refractivity (Wildman–Crippen MR) is 104 cm³/mol. The smallest absolute Gasteiger partial charge is 0.223 e. The van der Waals surface area contributed by atoms with Crippen LogP contribution in [0.15, 0.2) is 61.1 Å². The molecule has 1 fully saturated rings. The average Bonchev–Trinajstić information content (AvgIpc) is 3.22. The average molecular weight is 362 g/mol. The second-order valence-corrected chi connectivity index (χ2v) is 6.42. The van der Waals surface area contributed by atoms with Gasteiger partial charge in [0.2, 0.25) is 5.95 Å². The molecule has 2 unspecified atom stereocenters. The number of hydrogen-bond acceptors (Lipinski definition) is 7. The van der Waals surface area contributed by atoms with Gasteiger partial charge in [0.15, 0.2) is 0 Å². The number of pyridine rings is 1. The number of anilines is 1. The molecule has 0 radical (unpaired) electrons. The maximum absolute atomic E-state index is 5.24. The third-order valence-electron chi connectivity index (χ3n) is 4.70. The van der Waals surface area contributed by atoms with Crippen LogP contribution in [0.3, 0.4) is 0 Å². The molecule has 1 aliphatic rings. The molecule has 0 aliphatic carbocycles. The number of ether oxygens (including phenoxy) is 1. The summed E-state index contributed by atoms with van der Waals surface area (Å²) >= 11 is 0. The molecule has 4 rings (SSSR count). The Morgan fingerprint density at radius 2 is 2.04 bits per heavy atom. The van der Waals surface area contributed by atoms with E-state index < -0.39 is 0 Å². The van der Waals surface area contributed by atoms with E-state index in [0.717, 1.165) is 30.1 Å². The number of nitrogens with zero attached hydrogens (tertiary/aromatic N) is 3. The first-order valence-corrected chi connectivity index (χ1v) is 8.93. The fraction of sp³-hybridized carbons (Fsp3) is 0.250. The van der Waals surface area contributed by atoms with Gasteiger partial charge in [0, 0.05) is 43.2 Å². The highest BCUT2D eigenvalue weighted by Crippen LogP contribution is 2.26. The van der Waals surface area contributed by atoms with Crippen LogP contribution in [-0.2, 0) is 0 Å². The largest absolute Gasteiger partial charge is 0.497 e. The molecule has 1 aliphatic heterocycles. The van der Waals surface area contributed by atoms with Crippen molar-refractivity contribution in [2.45, 2.75) is 6.04 Å². The second kappa shape index (κ2) is 8.11. The first kappa shape index (κ1) is 17.4. The quantitative estimate of drug-likeness (QED) is 0.621. The minimum Gasteiger partial charge on any atom is -0.497 e. The van der Waals surface area contributed by atoms with E-state index in [2.05, 4.69) is 43.3 Å². The molecule has 27 heavy (non-hydrogen) atoms. The first-order valence-electron chi connectivity index (χ1n) is 8.93. The zero-order chi connectivity index (χ0) is 18.5. The summed E-state index contributed by atoms with van der Waals surface area (Å²) in [6.07, 6.45) is 5.32. The highest BCUT2D eigenvalue weighted by Gasteiger charge is 2.28. The lowest BCUT2D eigenvalue weighted by atomic mass is 9.95. The van der Waals surface area contributed by atoms with Gasteiger partial charge in [-0.1, -0.05) is 12.1 Å². The van der Waals surface area contributed by atoms with Gasteiger partial charge in [0.1, 0.15) is 5.75 Å². The lowest BCUT2D eigenvalue weighted by Crippen LogP contribution is -2.26. The summed E-state index contributed by atoms with van der Waals surface area (Å²) in [5.41, 5.74) is 9.66. The van der Waals surface area contributed by atoms with Crippen molar-refractivity contribution >= 4 is 5.95 Å². The Balaban J connectivity index is 1.43. The molecule has 2 atom stereocenters. The Kier molecular flexibility index (Phi) is 5.22. The van der Waals surface area contributed by atoms with E-state index in [-0.39, 0.29) is 6.04 Å². The number of methoxy groups -OCH3 is 1. The van der Waals surface area contributed by atoms with Gasteiger partial charge in [0.05, 0.1) is 18.8 Å².